The molecule has 0 saturated carbocycles. The summed E-state index contributed by atoms with van der Waals surface area (Å²) in [6.07, 6.45) is -18.5. The number of nitrogens with one attached hydrogen (secondary N) is 11. The Balaban J connectivity index is 0.999. The Bertz CT molecular complexity index is 5600. The molecule has 696 valence electrons. The quantitative estimate of drug-likeness (QED) is 0.0335. The molecule has 8 heterocycles. The van der Waals surface area contributed by atoms with Crippen LogP contribution in [0.3, 0.4) is 0 Å². The number of aromatic nitrogens is 2. The van der Waals surface area contributed by atoms with Crippen LogP contribution in [0.25, 0.3) is 11.1 Å². The highest BCUT2D eigenvalue weighted by Crippen LogP contribution is 2.50. The van der Waals surface area contributed by atoms with Gasteiger partial charge in [0.05, 0.1) is 78.9 Å². The average Bonchev–Trinajstić information content (AvgIpc) is 0.755. The number of carbonyl (C=O) groups is 10. The van der Waals surface area contributed by atoms with E-state index in [9.17, 15) is 74.7 Å². The van der Waals surface area contributed by atoms with Crippen molar-refractivity contribution in [2.75, 3.05) is 53.2 Å². The molecule has 2 fully saturated rings. The third-order valence-corrected chi connectivity index (χ3v) is 23.4. The topological polar surface area (TPSA) is 601 Å². The number of hydrogen-bond acceptors (Lipinski definition) is 29. The van der Waals surface area contributed by atoms with Crippen LogP contribution in [0.2, 0.25) is 20.1 Å². The lowest BCUT2D eigenvalue weighted by Gasteiger charge is -2.48. The number of phenols is 3. The number of aromatic hydroxyl groups is 3. The van der Waals surface area contributed by atoms with Crippen molar-refractivity contribution in [1.29, 1.82) is 0 Å². The van der Waals surface area contributed by atoms with Gasteiger partial charge in [-0.15, -0.1) is 0 Å². The molecule has 0 radical (unpaired) electrons. The minimum atomic E-state index is -2.42. The van der Waals surface area contributed by atoms with Gasteiger partial charge < -0.3 is 132 Å². The second kappa shape index (κ2) is 40.8. The Morgan fingerprint density at radius 1 is 0.685 bits per heavy atom. The molecule has 130 heavy (non-hydrogen) atoms. The van der Waals surface area contributed by atoms with E-state index in [4.69, 9.17) is 80.6 Å². The van der Waals surface area contributed by atoms with Crippen LogP contribution < -0.4 is 84.3 Å². The number of phenolic OH excluding ortho intramolecular Hbond substituents is 3. The van der Waals surface area contributed by atoms with E-state index in [1.807, 2.05) is 13.8 Å². The number of ether oxygens (including phenoxy) is 6. The number of rotatable bonds is 22. The largest absolute Gasteiger partial charge is 0.508 e. The molecule has 22 N–H and O–H groups in total. The summed E-state index contributed by atoms with van der Waals surface area (Å²) in [5.74, 6) is -17.3. The lowest BCUT2D eigenvalue weighted by molar-refractivity contribution is -0.862. The molecule has 7 aliphatic heterocycles. The third kappa shape index (κ3) is 22.7. The number of aliphatic hydroxyl groups is 6. The second-order valence-electron chi connectivity index (χ2n) is 33.5. The smallest absolute Gasteiger partial charge is 0.349 e. The number of amides is 10. The molecule has 41 nitrogen and oxygen atoms in total. The van der Waals surface area contributed by atoms with Crippen molar-refractivity contribution in [3.05, 3.63) is 173 Å². The maximum atomic E-state index is 16.4. The minimum absolute atomic E-state index is 0.0474. The van der Waals surface area contributed by atoms with Gasteiger partial charge in [0.1, 0.15) is 101 Å². The Kier molecular flexibility index (Phi) is 30.6. The number of hydrogen-bond donors (Lipinski definition) is 21. The van der Waals surface area contributed by atoms with Gasteiger partial charge in [-0.3, -0.25) is 63.4 Å². The van der Waals surface area contributed by atoms with E-state index in [1.54, 1.807) is 34.1 Å². The molecule has 14 rings (SSSR count). The van der Waals surface area contributed by atoms with E-state index >= 15 is 24.0 Å². The van der Waals surface area contributed by atoms with Crippen molar-refractivity contribution in [1.82, 2.24) is 62.9 Å². The summed E-state index contributed by atoms with van der Waals surface area (Å²) in [4.78, 5) is 164. The molecule has 45 heteroatoms. The van der Waals surface area contributed by atoms with Gasteiger partial charge in [-0.1, -0.05) is 84.5 Å². The molecule has 0 aliphatic carbocycles. The van der Waals surface area contributed by atoms with Gasteiger partial charge in [0.15, 0.2) is 30.4 Å². The molecule has 7 aliphatic rings. The minimum Gasteiger partial charge on any atom is -0.508 e. The van der Waals surface area contributed by atoms with E-state index in [2.05, 4.69) is 63.7 Å². The van der Waals surface area contributed by atoms with E-state index in [0.29, 0.717) is 5.56 Å². The lowest BCUT2D eigenvalue weighted by Crippen LogP contribution is -2.65. The number of carbonyl (C=O) groups excluding carboxylic acids is 10. The summed E-state index contributed by atoms with van der Waals surface area (Å²) in [6.45, 7) is 5.32. The molecule has 0 spiro atoms. The first-order chi connectivity index (χ1) is 61.4. The number of primary amides is 1. The standard InChI is InChI=1S/C85H97Cl4N15O26/c1-35(2)21-49(91-5)76(117)99-67-69(112)39-11-15-53(47(88)25-39)126-55-27-41-28-56(73(55)130-83-74(72(115)71(114)57(34-105)128-83)129-62-32-85(4,75(116)36(3)125-62)92-18-20-103-19-17-59(95-84(103)124)94-60(110)23-37-9-13-45(86)46(87)22-37)127-54-16-12-40(26-48(54)89)70(113)68-81(122)98-66(82(123)102-101-61(111)33-104(6,7)8)44-29-42(106)30-52(108)63(44)43-24-38(10-14-51(43)107)64(78(119)100-68)97-79(120)65(41)96-77(118)50(31-58(90)109)93-80(67)121/h9-17,19,22,24-30,35-36,49-50,57,62,64-72,74-75,83,91-92,105,112-116H,18,20-21,23,31-34H2,1-8H3,(H13-,90,93,94,95,96,97,98,99,100,101,102,106,107,108,109,110,111,117,118,119,120,121,122,123,124)/p+1/t36-,49+,50-,57+,62-,64+,65+,66+,67+,68-,69+,70+,71+,72-,74+,75+,83-,85-/m0/s1. The number of likely N-dealkylation sites (N-methyl/N-ethyl adjacent to an activating group) is 2. The number of halogens is 4. The van der Waals surface area contributed by atoms with Gasteiger partial charge in [-0.2, -0.15) is 4.98 Å². The van der Waals surface area contributed by atoms with Crippen molar-refractivity contribution in [2.45, 2.75) is 169 Å². The molecular weight excluding hydrogens is 1790 g/mol. The van der Waals surface area contributed by atoms with E-state index in [-0.39, 0.29) is 87.6 Å². The number of aliphatic hydroxyl groups excluding tert-OH is 6. The molecule has 11 bridgehead atoms. The molecular formula is C85H98Cl4N15O26+. The van der Waals surface area contributed by atoms with Crippen LogP contribution in [0.4, 0.5) is 5.82 Å². The third-order valence-electron chi connectivity index (χ3n) is 22.1. The molecule has 18 atom stereocenters. The molecule has 6 aromatic carbocycles. The predicted molar refractivity (Wildman–Crippen MR) is 462 cm³/mol. The van der Waals surface area contributed by atoms with Gasteiger partial charge in [0.2, 0.25) is 59.3 Å². The van der Waals surface area contributed by atoms with Gasteiger partial charge >= 0.3 is 5.69 Å². The highest BCUT2D eigenvalue weighted by molar-refractivity contribution is 6.42. The lowest BCUT2D eigenvalue weighted by atomic mass is 9.85. The highest BCUT2D eigenvalue weighted by atomic mass is 35.5. The van der Waals surface area contributed by atoms with E-state index in [1.165, 1.54) is 55.1 Å². The van der Waals surface area contributed by atoms with Crippen LogP contribution in [0.5, 0.6) is 46.0 Å². The first-order valence-corrected chi connectivity index (χ1v) is 42.3. The zero-order chi connectivity index (χ0) is 94.6. The van der Waals surface area contributed by atoms with E-state index < -0.39 is 260 Å². The fourth-order valence-electron chi connectivity index (χ4n) is 15.5. The first-order valence-electron chi connectivity index (χ1n) is 40.8. The van der Waals surface area contributed by atoms with Gasteiger partial charge in [-0.25, -0.2) is 4.79 Å². The Hall–Kier alpha value is -11.6. The maximum absolute atomic E-state index is 16.4. The van der Waals surface area contributed by atoms with Crippen molar-refractivity contribution < 1.29 is 127 Å². The first kappa shape index (κ1) is 97.4. The molecule has 1 aromatic heterocycles. The number of hydrazine groups is 1. The number of benzene rings is 6. The molecule has 7 aromatic rings. The molecule has 10 amide bonds. The van der Waals surface area contributed by atoms with Crippen LogP contribution in [0.15, 0.2) is 114 Å². The zero-order valence-electron chi connectivity index (χ0n) is 70.8. The van der Waals surface area contributed by atoms with E-state index in [0.717, 1.165) is 66.7 Å². The predicted octanol–water partition coefficient (Wildman–Crippen LogP) is 1.25. The molecule has 0 unspecified atom stereocenters. The number of quaternary nitrogens is 1. The second-order valence-corrected chi connectivity index (χ2v) is 35.1. The van der Waals surface area contributed by atoms with Crippen molar-refractivity contribution >= 4 is 111 Å². The molecule has 2 saturated heterocycles. The fourth-order valence-corrected chi connectivity index (χ4v) is 16.3. The summed E-state index contributed by atoms with van der Waals surface area (Å²) >= 11 is 26.6. The van der Waals surface area contributed by atoms with Crippen LogP contribution >= 0.6 is 46.4 Å². The number of anilines is 1. The van der Waals surface area contributed by atoms with Crippen molar-refractivity contribution in [2.24, 2.45) is 11.7 Å². The number of nitrogens with zero attached hydrogens (tertiary/aromatic N) is 3. The van der Waals surface area contributed by atoms with Crippen molar-refractivity contribution in [3.63, 3.8) is 0 Å². The zero-order valence-corrected chi connectivity index (χ0v) is 73.9. The van der Waals surface area contributed by atoms with Crippen LogP contribution in [0, 0.1) is 5.92 Å². The summed E-state index contributed by atoms with van der Waals surface area (Å²) < 4.78 is 40.7. The number of nitrogens with two attached hydrogens (primary N) is 1. The fraction of sp³-hybridized carbons (Fsp3) is 0.412. The van der Waals surface area contributed by atoms with Crippen LogP contribution in [-0.2, 0) is 75.1 Å². The number of fused-ring (bicyclic) bond motifs is 15. The van der Waals surface area contributed by atoms with Crippen molar-refractivity contribution in [3.8, 4) is 57.1 Å². The Labute approximate surface area is 761 Å². The van der Waals surface area contributed by atoms with Gasteiger partial charge in [-0.05, 0) is 139 Å². The van der Waals surface area contributed by atoms with Gasteiger partial charge in [0, 0.05) is 48.4 Å². The van der Waals surface area contributed by atoms with Crippen LogP contribution in [-0.4, -0.2) is 246 Å². The summed E-state index contributed by atoms with van der Waals surface area (Å²) in [5.41, 5.74) is 5.69. The maximum Gasteiger partial charge on any atom is 0.349 e. The summed E-state index contributed by atoms with van der Waals surface area (Å²) in [7, 11) is 6.45. The average molecular weight is 1890 g/mol. The Morgan fingerprint density at radius 2 is 1.33 bits per heavy atom. The highest BCUT2D eigenvalue weighted by Gasteiger charge is 2.52. The summed E-state index contributed by atoms with van der Waals surface area (Å²) in [6, 6.07) is 5.13. The SMILES string of the molecule is CN[C@H](CC(C)C)C(=O)N[C@H]1C(=O)N[C@@H](CC(N)=O)C(=O)N[C@H]2C(=O)N[C@H]3C(=O)N[C@H](C(=O)N[C@@H](C(=O)NNC(=O)C[N+](C)(C)C)c4cc(O)cc(O)c4-c4cc3ccc4O)[C@H](O)c3ccc(c(Cl)c3)Oc3cc2cc(c3O[C@@H]2O[C@H](CO)[C@@H](O)[C@H](O)[C@H]2O[C@H]2C[C@](C)(NCCn3ccc(NC(=O)Cc4ccc(Cl)c(Cl)c4)nc3=O)[C@H](O)[C@H](C)O2)Oc2ccc(cc2Cl)[C@H]1O. The summed E-state index contributed by atoms with van der Waals surface area (Å²) in [5, 5.41) is 130. The Morgan fingerprint density at radius 3 is 1.95 bits per heavy atom. The normalized spacial score (nSPS) is 25.5. The van der Waals surface area contributed by atoms with Crippen LogP contribution in [0.1, 0.15) is 111 Å². The monoisotopic (exact) mass is 1880 g/mol. The van der Waals surface area contributed by atoms with Gasteiger partial charge in [0.25, 0.3) is 11.8 Å².